The Labute approximate surface area is 185 Å². The van der Waals surface area contributed by atoms with Crippen LogP contribution in [-0.2, 0) is 27.4 Å². The maximum absolute atomic E-state index is 12.1. The number of ether oxygens (including phenoxy) is 2. The predicted molar refractivity (Wildman–Crippen MR) is 116 cm³/mol. The second-order valence-electron chi connectivity index (χ2n) is 7.59. The summed E-state index contributed by atoms with van der Waals surface area (Å²) in [5, 5.41) is 7.47. The molecular weight excluding hydrogens is 418 g/mol. The van der Waals surface area contributed by atoms with Crippen LogP contribution in [0.3, 0.4) is 0 Å². The molecule has 9 heteroatoms. The topological polar surface area (TPSA) is 107 Å². The van der Waals surface area contributed by atoms with Crippen molar-refractivity contribution in [3.8, 4) is 5.75 Å². The Morgan fingerprint density at radius 3 is 2.61 bits per heavy atom. The molecule has 0 spiro atoms. The highest BCUT2D eigenvalue weighted by Gasteiger charge is 2.23. The normalized spacial score (nSPS) is 14.6. The maximum atomic E-state index is 12.1. The van der Waals surface area contributed by atoms with Crippen LogP contribution in [-0.4, -0.2) is 35.0 Å². The average Bonchev–Trinajstić information content (AvgIpc) is 3.39. The van der Waals surface area contributed by atoms with Crippen LogP contribution < -0.4 is 15.4 Å². The van der Waals surface area contributed by atoms with Gasteiger partial charge in [0, 0.05) is 11.4 Å². The first-order valence-electron chi connectivity index (χ1n) is 10.3. The van der Waals surface area contributed by atoms with Crippen LogP contribution in [0.25, 0.3) is 0 Å². The van der Waals surface area contributed by atoms with Gasteiger partial charge in [-0.2, -0.15) is 0 Å². The predicted octanol–water partition coefficient (Wildman–Crippen LogP) is 3.27. The summed E-state index contributed by atoms with van der Waals surface area (Å²) in [4.78, 5) is 40.5. The van der Waals surface area contributed by atoms with E-state index in [0.717, 1.165) is 42.0 Å². The highest BCUT2D eigenvalue weighted by molar-refractivity contribution is 7.09. The molecule has 1 fully saturated rings. The van der Waals surface area contributed by atoms with Crippen molar-refractivity contribution in [1.29, 1.82) is 0 Å². The van der Waals surface area contributed by atoms with Gasteiger partial charge in [0.15, 0.2) is 6.10 Å². The molecule has 1 aliphatic rings. The van der Waals surface area contributed by atoms with Crippen LogP contribution in [0.5, 0.6) is 5.75 Å². The number of nitrogens with one attached hydrogen (secondary N) is 2. The zero-order valence-corrected chi connectivity index (χ0v) is 18.5. The molecule has 0 aliphatic heterocycles. The first-order valence-corrected chi connectivity index (χ1v) is 11.2. The highest BCUT2D eigenvalue weighted by atomic mass is 32.1. The van der Waals surface area contributed by atoms with E-state index in [-0.39, 0.29) is 12.5 Å². The molecule has 3 amide bonds. The molecule has 0 bridgehead atoms. The molecule has 1 saturated carbocycles. The van der Waals surface area contributed by atoms with E-state index in [1.165, 1.54) is 18.3 Å². The standard InChI is InChI=1S/C22H27N3O5S/c1-14-7-9-18(10-8-14)29-12-19-23-17(13-31-19)11-20(26)30-15(2)21(27)25-22(28)24-16-5-3-4-6-16/h7-10,13,15-16H,3-6,11-12H2,1-2H3,(H2,24,25,27,28). The average molecular weight is 446 g/mol. The van der Waals surface area contributed by atoms with Crippen molar-refractivity contribution in [3.05, 3.63) is 45.9 Å². The van der Waals surface area contributed by atoms with Crippen molar-refractivity contribution in [2.45, 2.75) is 64.7 Å². The van der Waals surface area contributed by atoms with Gasteiger partial charge in [-0.3, -0.25) is 14.9 Å². The van der Waals surface area contributed by atoms with E-state index in [2.05, 4.69) is 15.6 Å². The van der Waals surface area contributed by atoms with Gasteiger partial charge in [-0.05, 0) is 38.8 Å². The first-order chi connectivity index (χ1) is 14.9. The van der Waals surface area contributed by atoms with Gasteiger partial charge in [0.25, 0.3) is 5.91 Å². The van der Waals surface area contributed by atoms with Crippen LogP contribution in [0.1, 0.15) is 48.9 Å². The maximum Gasteiger partial charge on any atom is 0.321 e. The summed E-state index contributed by atoms with van der Waals surface area (Å²) >= 11 is 1.39. The first kappa shape index (κ1) is 22.7. The summed E-state index contributed by atoms with van der Waals surface area (Å²) in [6.07, 6.45) is 2.83. The molecule has 0 saturated heterocycles. The van der Waals surface area contributed by atoms with Gasteiger partial charge in [0.1, 0.15) is 17.4 Å². The van der Waals surface area contributed by atoms with E-state index in [1.54, 1.807) is 5.38 Å². The molecule has 1 unspecified atom stereocenters. The molecule has 8 nitrogen and oxygen atoms in total. The van der Waals surface area contributed by atoms with Gasteiger partial charge in [0.05, 0.1) is 12.1 Å². The van der Waals surface area contributed by atoms with E-state index in [4.69, 9.17) is 9.47 Å². The summed E-state index contributed by atoms with van der Waals surface area (Å²) < 4.78 is 10.8. The van der Waals surface area contributed by atoms with Gasteiger partial charge in [-0.1, -0.05) is 30.5 Å². The number of imide groups is 1. The van der Waals surface area contributed by atoms with Crippen molar-refractivity contribution < 1.29 is 23.9 Å². The molecule has 2 aromatic rings. The molecule has 1 atom stereocenters. The van der Waals surface area contributed by atoms with E-state index in [0.29, 0.717) is 12.3 Å². The second kappa shape index (κ2) is 10.9. The van der Waals surface area contributed by atoms with E-state index in [1.807, 2.05) is 31.2 Å². The lowest BCUT2D eigenvalue weighted by Crippen LogP contribution is -2.47. The fourth-order valence-corrected chi connectivity index (χ4v) is 3.93. The molecule has 0 radical (unpaired) electrons. The largest absolute Gasteiger partial charge is 0.486 e. The van der Waals surface area contributed by atoms with Crippen molar-refractivity contribution in [2.75, 3.05) is 0 Å². The number of urea groups is 1. The summed E-state index contributed by atoms with van der Waals surface area (Å²) in [5.74, 6) is -0.497. The molecule has 1 aromatic heterocycles. The third-order valence-electron chi connectivity index (χ3n) is 4.91. The molecule has 1 aliphatic carbocycles. The minimum Gasteiger partial charge on any atom is -0.486 e. The highest BCUT2D eigenvalue weighted by Crippen LogP contribution is 2.18. The quantitative estimate of drug-likeness (QED) is 0.604. The number of carbonyl (C=O) groups is 3. The summed E-state index contributed by atoms with van der Waals surface area (Å²) in [5.41, 5.74) is 1.70. The number of aryl methyl sites for hydroxylation is 1. The van der Waals surface area contributed by atoms with E-state index >= 15 is 0 Å². The number of esters is 1. The number of hydrogen-bond donors (Lipinski definition) is 2. The number of carbonyl (C=O) groups excluding carboxylic acids is 3. The SMILES string of the molecule is Cc1ccc(OCc2nc(CC(=O)OC(C)C(=O)NC(=O)NC3CCCC3)cs2)cc1. The monoisotopic (exact) mass is 445 g/mol. The molecule has 2 N–H and O–H groups in total. The van der Waals surface area contributed by atoms with Crippen LogP contribution in [0.2, 0.25) is 0 Å². The molecule has 166 valence electrons. The Morgan fingerprint density at radius 1 is 1.19 bits per heavy atom. The van der Waals surface area contributed by atoms with Gasteiger partial charge >= 0.3 is 12.0 Å². The smallest absolute Gasteiger partial charge is 0.321 e. The van der Waals surface area contributed by atoms with Crippen LogP contribution in [0.4, 0.5) is 4.79 Å². The summed E-state index contributed by atoms with van der Waals surface area (Å²) in [6, 6.07) is 7.25. The molecule has 1 aromatic carbocycles. The van der Waals surface area contributed by atoms with Gasteiger partial charge in [-0.25, -0.2) is 9.78 Å². The van der Waals surface area contributed by atoms with Gasteiger partial charge in [-0.15, -0.1) is 11.3 Å². The van der Waals surface area contributed by atoms with Crippen LogP contribution in [0.15, 0.2) is 29.6 Å². The zero-order valence-electron chi connectivity index (χ0n) is 17.7. The Kier molecular flexibility index (Phi) is 8.00. The third kappa shape index (κ3) is 7.36. The zero-order chi connectivity index (χ0) is 22.2. The number of nitrogens with zero attached hydrogens (tertiary/aromatic N) is 1. The third-order valence-corrected chi connectivity index (χ3v) is 5.78. The van der Waals surface area contributed by atoms with Gasteiger partial charge < -0.3 is 14.8 Å². The Morgan fingerprint density at radius 2 is 1.90 bits per heavy atom. The summed E-state index contributed by atoms with van der Waals surface area (Å²) in [7, 11) is 0. The minimum absolute atomic E-state index is 0.0626. The summed E-state index contributed by atoms with van der Waals surface area (Å²) in [6.45, 7) is 3.74. The number of rotatable bonds is 8. The number of hydrogen-bond acceptors (Lipinski definition) is 7. The van der Waals surface area contributed by atoms with Gasteiger partial charge in [0.2, 0.25) is 0 Å². The second-order valence-corrected chi connectivity index (χ2v) is 8.53. The number of amides is 3. The molecule has 31 heavy (non-hydrogen) atoms. The fraction of sp³-hybridized carbons (Fsp3) is 0.455. The number of aromatic nitrogens is 1. The van der Waals surface area contributed by atoms with Crippen molar-refractivity contribution in [2.24, 2.45) is 0 Å². The number of thiazole rings is 1. The fourth-order valence-electron chi connectivity index (χ4n) is 3.22. The Bertz CT molecular complexity index is 906. The lowest BCUT2D eigenvalue weighted by atomic mass is 10.2. The van der Waals surface area contributed by atoms with Crippen molar-refractivity contribution in [3.63, 3.8) is 0 Å². The minimum atomic E-state index is -1.08. The lowest BCUT2D eigenvalue weighted by molar-refractivity contribution is -0.153. The molecule has 3 rings (SSSR count). The van der Waals surface area contributed by atoms with Crippen LogP contribution >= 0.6 is 11.3 Å². The van der Waals surface area contributed by atoms with Crippen molar-refractivity contribution >= 4 is 29.2 Å². The van der Waals surface area contributed by atoms with Crippen LogP contribution in [0, 0.1) is 6.92 Å². The Balaban J connectivity index is 1.39. The lowest BCUT2D eigenvalue weighted by Gasteiger charge is -2.15. The molecular formula is C22H27N3O5S. The van der Waals surface area contributed by atoms with E-state index in [9.17, 15) is 14.4 Å². The Hall–Kier alpha value is -2.94. The molecule has 1 heterocycles. The number of benzene rings is 1. The van der Waals surface area contributed by atoms with E-state index < -0.39 is 24.0 Å². The van der Waals surface area contributed by atoms with Crippen molar-refractivity contribution in [1.82, 2.24) is 15.6 Å².